The largest absolute Gasteiger partial charge is 0.489 e. The molecule has 1 aromatic rings. The molecule has 134 valence electrons. The molecule has 1 amide bonds. The highest BCUT2D eigenvalue weighted by atomic mass is 16.6. The van der Waals surface area contributed by atoms with Crippen LogP contribution in [0.3, 0.4) is 0 Å². The Hall–Kier alpha value is -3.10. The van der Waals surface area contributed by atoms with E-state index in [1.807, 2.05) is 0 Å². The standard InChI is InChI=1S/C16H18N2O7/c1-10(2)6-16(20)25-9-15(19)17-11-7-13-14(8-12(11)18(21)22)24-5-3-4-23-13/h6-8H,3-5,9H2,1-2H3,(H,17,19). The van der Waals surface area contributed by atoms with Gasteiger partial charge in [-0.2, -0.15) is 0 Å². The van der Waals surface area contributed by atoms with E-state index in [2.05, 4.69) is 5.32 Å². The molecule has 0 saturated heterocycles. The van der Waals surface area contributed by atoms with Gasteiger partial charge in [0.15, 0.2) is 18.1 Å². The third-order valence-electron chi connectivity index (χ3n) is 3.09. The first-order chi connectivity index (χ1) is 11.9. The molecule has 0 spiro atoms. The lowest BCUT2D eigenvalue weighted by Gasteiger charge is -2.11. The van der Waals surface area contributed by atoms with E-state index in [-0.39, 0.29) is 17.1 Å². The fraction of sp³-hybridized carbons (Fsp3) is 0.375. The zero-order valence-electron chi connectivity index (χ0n) is 13.9. The molecule has 0 saturated carbocycles. The van der Waals surface area contributed by atoms with Crippen LogP contribution < -0.4 is 14.8 Å². The van der Waals surface area contributed by atoms with Gasteiger partial charge < -0.3 is 19.5 Å². The number of hydrogen-bond acceptors (Lipinski definition) is 7. The van der Waals surface area contributed by atoms with Crippen LogP contribution in [0.1, 0.15) is 20.3 Å². The summed E-state index contributed by atoms with van der Waals surface area (Å²) in [5.74, 6) is -0.812. The van der Waals surface area contributed by atoms with E-state index >= 15 is 0 Å². The highest BCUT2D eigenvalue weighted by molar-refractivity contribution is 5.96. The summed E-state index contributed by atoms with van der Waals surface area (Å²) in [7, 11) is 0. The number of nitrogens with one attached hydrogen (secondary N) is 1. The molecule has 1 heterocycles. The summed E-state index contributed by atoms with van der Waals surface area (Å²) in [6.45, 7) is 3.65. The minimum Gasteiger partial charge on any atom is -0.489 e. The van der Waals surface area contributed by atoms with Gasteiger partial charge >= 0.3 is 5.97 Å². The Kier molecular flexibility index (Phi) is 5.93. The number of allylic oxidation sites excluding steroid dienone is 1. The molecule has 0 fully saturated rings. The van der Waals surface area contributed by atoms with E-state index in [0.29, 0.717) is 25.4 Å². The lowest BCUT2D eigenvalue weighted by Crippen LogP contribution is -2.21. The number of nitro benzene ring substituents is 1. The van der Waals surface area contributed by atoms with Crippen molar-refractivity contribution in [1.82, 2.24) is 0 Å². The Morgan fingerprint density at radius 1 is 1.28 bits per heavy atom. The number of nitrogens with zero attached hydrogens (tertiary/aromatic N) is 1. The van der Waals surface area contributed by atoms with Crippen LogP contribution in [-0.4, -0.2) is 36.6 Å². The Morgan fingerprint density at radius 3 is 2.52 bits per heavy atom. The number of carbonyl (C=O) groups is 2. The smallest absolute Gasteiger partial charge is 0.331 e. The average molecular weight is 350 g/mol. The molecule has 2 rings (SSSR count). The Bertz CT molecular complexity index is 723. The predicted molar refractivity (Wildman–Crippen MR) is 87.7 cm³/mol. The van der Waals surface area contributed by atoms with E-state index in [1.54, 1.807) is 13.8 Å². The fourth-order valence-electron chi connectivity index (χ4n) is 2.05. The Morgan fingerprint density at radius 2 is 1.92 bits per heavy atom. The van der Waals surface area contributed by atoms with Gasteiger partial charge in [0.2, 0.25) is 0 Å². The fourth-order valence-corrected chi connectivity index (χ4v) is 2.05. The zero-order valence-corrected chi connectivity index (χ0v) is 13.9. The normalized spacial score (nSPS) is 12.6. The number of esters is 1. The van der Waals surface area contributed by atoms with E-state index in [0.717, 1.165) is 5.57 Å². The molecular weight excluding hydrogens is 332 g/mol. The molecule has 1 aliphatic rings. The second kappa shape index (κ2) is 8.13. The quantitative estimate of drug-likeness (QED) is 0.374. The van der Waals surface area contributed by atoms with Crippen LogP contribution in [0.15, 0.2) is 23.8 Å². The third-order valence-corrected chi connectivity index (χ3v) is 3.09. The number of hydrogen-bond donors (Lipinski definition) is 1. The topological polar surface area (TPSA) is 117 Å². The van der Waals surface area contributed by atoms with Crippen LogP contribution in [0.2, 0.25) is 0 Å². The first-order valence-electron chi connectivity index (χ1n) is 7.56. The maximum atomic E-state index is 11.9. The lowest BCUT2D eigenvalue weighted by atomic mass is 10.2. The lowest BCUT2D eigenvalue weighted by molar-refractivity contribution is -0.384. The summed E-state index contributed by atoms with van der Waals surface area (Å²) in [6.07, 6.45) is 1.88. The van der Waals surface area contributed by atoms with Crippen molar-refractivity contribution in [3.63, 3.8) is 0 Å². The number of ether oxygens (including phenoxy) is 3. The van der Waals surface area contributed by atoms with E-state index in [1.165, 1.54) is 18.2 Å². The third kappa shape index (κ3) is 5.20. The second-order valence-corrected chi connectivity index (χ2v) is 5.50. The zero-order chi connectivity index (χ0) is 18.4. The summed E-state index contributed by atoms with van der Waals surface area (Å²) in [5.41, 5.74) is 0.328. The van der Waals surface area contributed by atoms with E-state index in [9.17, 15) is 19.7 Å². The highest BCUT2D eigenvalue weighted by Gasteiger charge is 2.23. The van der Waals surface area contributed by atoms with Gasteiger partial charge in [-0.1, -0.05) is 5.57 Å². The SMILES string of the molecule is CC(C)=CC(=O)OCC(=O)Nc1cc2c(cc1[N+](=O)[O-])OCCCO2. The number of rotatable bonds is 5. The molecule has 1 N–H and O–H groups in total. The molecule has 1 aromatic carbocycles. The number of nitro groups is 1. The Labute approximate surface area is 143 Å². The molecule has 0 bridgehead atoms. The molecule has 9 nitrogen and oxygen atoms in total. The van der Waals surface area contributed by atoms with Gasteiger partial charge in [0.25, 0.3) is 11.6 Å². The average Bonchev–Trinajstić information content (AvgIpc) is 2.76. The van der Waals surface area contributed by atoms with Crippen molar-refractivity contribution < 1.29 is 28.7 Å². The molecular formula is C16H18N2O7. The van der Waals surface area contributed by atoms with Crippen molar-refractivity contribution in [1.29, 1.82) is 0 Å². The maximum absolute atomic E-state index is 11.9. The monoisotopic (exact) mass is 350 g/mol. The molecule has 0 aromatic heterocycles. The highest BCUT2D eigenvalue weighted by Crippen LogP contribution is 2.39. The molecule has 1 aliphatic heterocycles. The van der Waals surface area contributed by atoms with Gasteiger partial charge in [-0.05, 0) is 13.8 Å². The summed E-state index contributed by atoms with van der Waals surface area (Å²) >= 11 is 0. The Balaban J connectivity index is 2.13. The van der Waals surface area contributed by atoms with Crippen LogP contribution in [0, 0.1) is 10.1 Å². The molecule has 9 heteroatoms. The van der Waals surface area contributed by atoms with Gasteiger partial charge in [-0.15, -0.1) is 0 Å². The number of amides is 1. The summed E-state index contributed by atoms with van der Waals surface area (Å²) < 4.78 is 15.6. The minimum absolute atomic E-state index is 0.0579. The van der Waals surface area contributed by atoms with Crippen LogP contribution in [-0.2, 0) is 14.3 Å². The second-order valence-electron chi connectivity index (χ2n) is 5.50. The number of fused-ring (bicyclic) bond motifs is 1. The van der Waals surface area contributed by atoms with Crippen molar-refractivity contribution in [3.05, 3.63) is 33.9 Å². The molecule has 25 heavy (non-hydrogen) atoms. The van der Waals surface area contributed by atoms with Crippen molar-refractivity contribution >= 4 is 23.3 Å². The van der Waals surface area contributed by atoms with E-state index < -0.39 is 23.4 Å². The molecule has 0 aliphatic carbocycles. The first kappa shape index (κ1) is 18.2. The van der Waals surface area contributed by atoms with Crippen molar-refractivity contribution in [2.24, 2.45) is 0 Å². The minimum atomic E-state index is -0.701. The number of anilines is 1. The van der Waals surface area contributed by atoms with Crippen LogP contribution >= 0.6 is 0 Å². The van der Waals surface area contributed by atoms with Gasteiger partial charge in [0.05, 0.1) is 24.2 Å². The number of carbonyl (C=O) groups excluding carboxylic acids is 2. The van der Waals surface area contributed by atoms with Crippen molar-refractivity contribution in [2.75, 3.05) is 25.1 Å². The molecule has 0 radical (unpaired) electrons. The first-order valence-corrected chi connectivity index (χ1v) is 7.56. The summed E-state index contributed by atoms with van der Waals surface area (Å²) in [5, 5.41) is 13.6. The van der Waals surface area contributed by atoms with Gasteiger partial charge in [0, 0.05) is 18.6 Å². The molecule has 0 atom stereocenters. The van der Waals surface area contributed by atoms with Gasteiger partial charge in [-0.3, -0.25) is 14.9 Å². The van der Waals surface area contributed by atoms with Crippen LogP contribution in [0.25, 0.3) is 0 Å². The van der Waals surface area contributed by atoms with E-state index in [4.69, 9.17) is 14.2 Å². The van der Waals surface area contributed by atoms with Crippen LogP contribution in [0.5, 0.6) is 11.5 Å². The molecule has 0 unspecified atom stereocenters. The number of benzene rings is 1. The predicted octanol–water partition coefficient (Wildman–Crippen LogP) is 2.20. The van der Waals surface area contributed by atoms with Gasteiger partial charge in [-0.25, -0.2) is 4.79 Å². The maximum Gasteiger partial charge on any atom is 0.331 e. The van der Waals surface area contributed by atoms with Crippen LogP contribution in [0.4, 0.5) is 11.4 Å². The summed E-state index contributed by atoms with van der Waals surface area (Å²) in [4.78, 5) is 33.9. The van der Waals surface area contributed by atoms with Gasteiger partial charge in [0.1, 0.15) is 5.69 Å². The summed E-state index contributed by atoms with van der Waals surface area (Å²) in [6, 6.07) is 2.53. The van der Waals surface area contributed by atoms with Crippen molar-refractivity contribution in [3.8, 4) is 11.5 Å². The van der Waals surface area contributed by atoms with Crippen molar-refractivity contribution in [2.45, 2.75) is 20.3 Å².